The van der Waals surface area contributed by atoms with Crippen molar-refractivity contribution in [3.63, 3.8) is 0 Å². The molecule has 1 heterocycles. The van der Waals surface area contributed by atoms with E-state index in [0.717, 1.165) is 24.3 Å². The number of benzene rings is 2. The number of anilines is 2. The second-order valence-electron chi connectivity index (χ2n) is 7.50. The predicted octanol–water partition coefficient (Wildman–Crippen LogP) is 3.76. The molecule has 1 amide bonds. The van der Waals surface area contributed by atoms with Crippen molar-refractivity contribution in [2.24, 2.45) is 0 Å². The summed E-state index contributed by atoms with van der Waals surface area (Å²) in [4.78, 5) is 16.8. The van der Waals surface area contributed by atoms with Gasteiger partial charge in [0.15, 0.2) is 11.5 Å². The third-order valence-electron chi connectivity index (χ3n) is 5.19. The van der Waals surface area contributed by atoms with Crippen LogP contribution in [-0.2, 0) is 11.3 Å². The molecule has 0 saturated carbocycles. The Balaban J connectivity index is 1.51. The summed E-state index contributed by atoms with van der Waals surface area (Å²) < 4.78 is 10.6. The van der Waals surface area contributed by atoms with Gasteiger partial charge in [0.25, 0.3) is 0 Å². The number of rotatable bonds is 8. The van der Waals surface area contributed by atoms with Gasteiger partial charge in [0.05, 0.1) is 20.8 Å². The van der Waals surface area contributed by atoms with Gasteiger partial charge in [-0.15, -0.1) is 0 Å². The van der Waals surface area contributed by atoms with Crippen LogP contribution >= 0.6 is 0 Å². The molecule has 0 spiro atoms. The SMILES string of the molecule is COc1ccc(CN(C)CC(=O)Nc2ccc(N3CCCCC3)cc2)cc1OC. The number of carbonyl (C=O) groups is 1. The number of carbonyl (C=O) groups excluding carboxylic acids is 1. The summed E-state index contributed by atoms with van der Waals surface area (Å²) >= 11 is 0. The molecule has 1 N–H and O–H groups in total. The minimum absolute atomic E-state index is 0.0290. The zero-order valence-electron chi connectivity index (χ0n) is 17.6. The number of hydrogen-bond acceptors (Lipinski definition) is 5. The lowest BCUT2D eigenvalue weighted by Crippen LogP contribution is -2.30. The molecule has 1 saturated heterocycles. The molecule has 1 aliphatic heterocycles. The van der Waals surface area contributed by atoms with Crippen LogP contribution in [0.4, 0.5) is 11.4 Å². The fourth-order valence-corrected chi connectivity index (χ4v) is 3.70. The van der Waals surface area contributed by atoms with Gasteiger partial charge in [-0.2, -0.15) is 0 Å². The highest BCUT2D eigenvalue weighted by atomic mass is 16.5. The van der Waals surface area contributed by atoms with Crippen LogP contribution in [0, 0.1) is 0 Å². The Hall–Kier alpha value is -2.73. The summed E-state index contributed by atoms with van der Waals surface area (Å²) in [6.07, 6.45) is 3.83. The van der Waals surface area contributed by atoms with Crippen LogP contribution in [0.3, 0.4) is 0 Å². The first-order valence-corrected chi connectivity index (χ1v) is 10.1. The first kappa shape index (κ1) is 21.0. The Morgan fingerprint density at radius 1 is 1.00 bits per heavy atom. The van der Waals surface area contributed by atoms with Crippen LogP contribution in [0.1, 0.15) is 24.8 Å². The van der Waals surface area contributed by atoms with E-state index in [1.54, 1.807) is 14.2 Å². The van der Waals surface area contributed by atoms with Crippen molar-refractivity contribution >= 4 is 17.3 Å². The second-order valence-corrected chi connectivity index (χ2v) is 7.50. The molecule has 0 atom stereocenters. The highest BCUT2D eigenvalue weighted by Crippen LogP contribution is 2.28. The maximum absolute atomic E-state index is 12.4. The highest BCUT2D eigenvalue weighted by Gasteiger charge is 2.12. The van der Waals surface area contributed by atoms with Crippen LogP contribution in [-0.4, -0.2) is 51.7 Å². The molecule has 0 aromatic heterocycles. The molecular weight excluding hydrogens is 366 g/mol. The number of nitrogens with zero attached hydrogens (tertiary/aromatic N) is 2. The zero-order chi connectivity index (χ0) is 20.6. The van der Waals surface area contributed by atoms with E-state index in [4.69, 9.17) is 9.47 Å². The summed E-state index contributed by atoms with van der Waals surface area (Å²) in [5.74, 6) is 1.36. The molecule has 0 aliphatic carbocycles. The van der Waals surface area contributed by atoms with E-state index in [0.29, 0.717) is 24.6 Å². The van der Waals surface area contributed by atoms with Gasteiger partial charge in [0, 0.05) is 31.0 Å². The maximum atomic E-state index is 12.4. The summed E-state index contributed by atoms with van der Waals surface area (Å²) in [5, 5.41) is 2.99. The van der Waals surface area contributed by atoms with Crippen LogP contribution in [0.2, 0.25) is 0 Å². The van der Waals surface area contributed by atoms with Gasteiger partial charge in [-0.05, 0) is 68.3 Å². The van der Waals surface area contributed by atoms with Gasteiger partial charge in [-0.1, -0.05) is 6.07 Å². The molecule has 3 rings (SSSR count). The number of piperidine rings is 1. The molecule has 2 aromatic rings. The summed E-state index contributed by atoms with van der Waals surface area (Å²) in [7, 11) is 5.16. The van der Waals surface area contributed by atoms with E-state index in [2.05, 4.69) is 22.3 Å². The molecule has 1 aliphatic rings. The van der Waals surface area contributed by atoms with Crippen molar-refractivity contribution < 1.29 is 14.3 Å². The van der Waals surface area contributed by atoms with Crippen molar-refractivity contribution in [1.29, 1.82) is 0 Å². The van der Waals surface area contributed by atoms with Gasteiger partial charge in [-0.3, -0.25) is 9.69 Å². The Kier molecular flexibility index (Phi) is 7.36. The fraction of sp³-hybridized carbons (Fsp3) is 0.435. The monoisotopic (exact) mass is 397 g/mol. The summed E-state index contributed by atoms with van der Waals surface area (Å²) in [6, 6.07) is 13.9. The number of ether oxygens (including phenoxy) is 2. The van der Waals surface area contributed by atoms with Gasteiger partial charge in [-0.25, -0.2) is 0 Å². The average Bonchev–Trinajstić information content (AvgIpc) is 2.74. The zero-order valence-corrected chi connectivity index (χ0v) is 17.6. The van der Waals surface area contributed by atoms with Gasteiger partial charge in [0.1, 0.15) is 0 Å². The molecule has 1 fully saturated rings. The second kappa shape index (κ2) is 10.2. The molecule has 6 heteroatoms. The van der Waals surface area contributed by atoms with Gasteiger partial charge in [0.2, 0.25) is 5.91 Å². The fourth-order valence-electron chi connectivity index (χ4n) is 3.70. The average molecular weight is 398 g/mol. The third-order valence-corrected chi connectivity index (χ3v) is 5.19. The summed E-state index contributed by atoms with van der Waals surface area (Å²) in [6.45, 7) is 3.18. The lowest BCUT2D eigenvalue weighted by molar-refractivity contribution is -0.117. The Bertz CT molecular complexity index is 802. The lowest BCUT2D eigenvalue weighted by atomic mass is 10.1. The van der Waals surface area contributed by atoms with Crippen molar-refractivity contribution in [1.82, 2.24) is 4.90 Å². The smallest absolute Gasteiger partial charge is 0.238 e. The summed E-state index contributed by atoms with van der Waals surface area (Å²) in [5.41, 5.74) is 3.12. The molecule has 0 bridgehead atoms. The van der Waals surface area contributed by atoms with E-state index in [9.17, 15) is 4.79 Å². The lowest BCUT2D eigenvalue weighted by Gasteiger charge is -2.28. The van der Waals surface area contributed by atoms with Crippen LogP contribution in [0.15, 0.2) is 42.5 Å². The number of likely N-dealkylation sites (N-methyl/N-ethyl adjacent to an activating group) is 1. The minimum Gasteiger partial charge on any atom is -0.493 e. The van der Waals surface area contributed by atoms with Crippen LogP contribution in [0.5, 0.6) is 11.5 Å². The Morgan fingerprint density at radius 2 is 1.69 bits per heavy atom. The minimum atomic E-state index is -0.0290. The quantitative estimate of drug-likeness (QED) is 0.735. The van der Waals surface area contributed by atoms with Gasteiger partial charge < -0.3 is 19.7 Å². The van der Waals surface area contributed by atoms with Gasteiger partial charge >= 0.3 is 0 Å². The molecule has 156 valence electrons. The highest BCUT2D eigenvalue weighted by molar-refractivity contribution is 5.92. The molecule has 6 nitrogen and oxygen atoms in total. The van der Waals surface area contributed by atoms with E-state index in [-0.39, 0.29) is 5.91 Å². The normalized spacial score (nSPS) is 14.0. The molecule has 2 aromatic carbocycles. The maximum Gasteiger partial charge on any atom is 0.238 e. The largest absolute Gasteiger partial charge is 0.493 e. The van der Waals surface area contributed by atoms with Crippen molar-refractivity contribution in [3.05, 3.63) is 48.0 Å². The molecular formula is C23H31N3O3. The number of nitrogens with one attached hydrogen (secondary N) is 1. The standard InChI is InChI=1S/C23H31N3O3/c1-25(16-18-7-12-21(28-2)22(15-18)29-3)17-23(27)24-19-8-10-20(11-9-19)26-13-5-4-6-14-26/h7-12,15H,4-6,13-14,16-17H2,1-3H3,(H,24,27). The van der Waals surface area contributed by atoms with Crippen molar-refractivity contribution in [2.45, 2.75) is 25.8 Å². The first-order valence-electron chi connectivity index (χ1n) is 10.1. The topological polar surface area (TPSA) is 54.0 Å². The van der Waals surface area contributed by atoms with E-state index in [1.165, 1.54) is 24.9 Å². The number of hydrogen-bond donors (Lipinski definition) is 1. The van der Waals surface area contributed by atoms with E-state index in [1.807, 2.05) is 42.3 Å². The van der Waals surface area contributed by atoms with Crippen molar-refractivity contribution in [2.75, 3.05) is 51.1 Å². The van der Waals surface area contributed by atoms with E-state index >= 15 is 0 Å². The van der Waals surface area contributed by atoms with E-state index < -0.39 is 0 Å². The Morgan fingerprint density at radius 3 is 2.34 bits per heavy atom. The predicted molar refractivity (Wildman–Crippen MR) is 117 cm³/mol. The van der Waals surface area contributed by atoms with Crippen LogP contribution < -0.4 is 19.7 Å². The molecule has 0 unspecified atom stereocenters. The third kappa shape index (κ3) is 5.87. The number of methoxy groups -OCH3 is 2. The van der Waals surface area contributed by atoms with Crippen molar-refractivity contribution in [3.8, 4) is 11.5 Å². The number of amides is 1. The Labute approximate surface area is 173 Å². The first-order chi connectivity index (χ1) is 14.1. The molecule has 29 heavy (non-hydrogen) atoms. The molecule has 0 radical (unpaired) electrons. The van der Waals surface area contributed by atoms with Crippen LogP contribution in [0.25, 0.3) is 0 Å².